The second kappa shape index (κ2) is 5.60. The van der Waals surface area contributed by atoms with Gasteiger partial charge in [-0.15, -0.1) is 0 Å². The van der Waals surface area contributed by atoms with Crippen molar-refractivity contribution in [3.8, 4) is 5.75 Å². The first-order chi connectivity index (χ1) is 13.7. The molecule has 0 aliphatic rings. The molecule has 0 amide bonds. The highest BCUT2D eigenvalue weighted by Crippen LogP contribution is 2.39. The minimum atomic E-state index is -5.90. The molecule has 29 heavy (non-hydrogen) atoms. The van der Waals surface area contributed by atoms with Crippen molar-refractivity contribution in [2.45, 2.75) is 5.51 Å². The van der Waals surface area contributed by atoms with Gasteiger partial charge in [0.1, 0.15) is 5.52 Å². The predicted octanol–water partition coefficient (Wildman–Crippen LogP) is 4.43. The van der Waals surface area contributed by atoms with E-state index < -0.39 is 26.9 Å². The normalized spacial score (nSPS) is 13.1. The molecular formula is C20H10F3NO4S. The minimum absolute atomic E-state index is 0.0257. The Balaban J connectivity index is 2.01. The van der Waals surface area contributed by atoms with Crippen LogP contribution in [-0.4, -0.2) is 18.3 Å². The van der Waals surface area contributed by atoms with Crippen LogP contribution in [0.15, 0.2) is 65.5 Å². The molecule has 0 bridgehead atoms. The van der Waals surface area contributed by atoms with Crippen molar-refractivity contribution in [2.24, 2.45) is 0 Å². The first-order valence-electron chi connectivity index (χ1n) is 8.42. The topological polar surface area (TPSA) is 64.9 Å². The van der Waals surface area contributed by atoms with Gasteiger partial charge in [-0.1, -0.05) is 48.5 Å². The maximum absolute atomic E-state index is 13.2. The van der Waals surface area contributed by atoms with Crippen molar-refractivity contribution >= 4 is 48.1 Å². The fraction of sp³-hybridized carbons (Fsp3) is 0.0500. The fourth-order valence-electron chi connectivity index (χ4n) is 3.76. The number of para-hydroxylation sites is 2. The summed E-state index contributed by atoms with van der Waals surface area (Å²) in [7, 11) is -5.90. The van der Waals surface area contributed by atoms with Gasteiger partial charge in [0.15, 0.2) is 5.75 Å². The standard InChI is InChI=1S/C20H10F3NO4S/c21-20(22,23)29(26,27)28-16-10-4-9-14-13-8-3-7-12-11-5-1-2-6-15(11)19(25)24(17(12)13)18(14)16/h1-10H. The Hall–Kier alpha value is -3.33. The number of aromatic nitrogens is 1. The number of fused-ring (bicyclic) bond motifs is 5. The van der Waals surface area contributed by atoms with E-state index >= 15 is 0 Å². The summed E-state index contributed by atoms with van der Waals surface area (Å²) in [5.74, 6) is -0.560. The van der Waals surface area contributed by atoms with Crippen molar-refractivity contribution < 1.29 is 25.8 Å². The van der Waals surface area contributed by atoms with E-state index in [0.29, 0.717) is 27.1 Å². The molecule has 3 aromatic carbocycles. The summed E-state index contributed by atoms with van der Waals surface area (Å²) < 4.78 is 67.5. The zero-order valence-corrected chi connectivity index (χ0v) is 15.2. The van der Waals surface area contributed by atoms with Gasteiger partial charge >= 0.3 is 15.6 Å². The zero-order chi connectivity index (χ0) is 20.6. The summed E-state index contributed by atoms with van der Waals surface area (Å²) in [5, 5.41) is 2.80. The van der Waals surface area contributed by atoms with Crippen molar-refractivity contribution in [2.75, 3.05) is 0 Å². The summed E-state index contributed by atoms with van der Waals surface area (Å²) in [6.07, 6.45) is 0. The number of halogens is 3. The van der Waals surface area contributed by atoms with Crippen LogP contribution in [0.4, 0.5) is 13.2 Å². The Morgan fingerprint density at radius 3 is 1.90 bits per heavy atom. The average molecular weight is 417 g/mol. The van der Waals surface area contributed by atoms with E-state index in [4.69, 9.17) is 0 Å². The summed E-state index contributed by atoms with van der Waals surface area (Å²) in [5.41, 5.74) is -5.60. The largest absolute Gasteiger partial charge is 0.534 e. The van der Waals surface area contributed by atoms with E-state index in [9.17, 15) is 26.4 Å². The minimum Gasteiger partial charge on any atom is -0.374 e. The molecule has 9 heteroatoms. The van der Waals surface area contributed by atoms with Crippen LogP contribution in [0.3, 0.4) is 0 Å². The van der Waals surface area contributed by atoms with Crippen LogP contribution in [-0.2, 0) is 10.1 Å². The molecule has 2 heterocycles. The zero-order valence-electron chi connectivity index (χ0n) is 14.4. The molecule has 5 aromatic rings. The van der Waals surface area contributed by atoms with E-state index in [1.807, 2.05) is 0 Å². The number of pyridine rings is 1. The number of hydrogen-bond donors (Lipinski definition) is 0. The lowest BCUT2D eigenvalue weighted by Crippen LogP contribution is -2.28. The lowest BCUT2D eigenvalue weighted by atomic mass is 10.0. The van der Waals surface area contributed by atoms with E-state index in [1.54, 1.807) is 48.5 Å². The Kier molecular flexibility index (Phi) is 3.43. The van der Waals surface area contributed by atoms with E-state index in [0.717, 1.165) is 11.5 Å². The smallest absolute Gasteiger partial charge is 0.374 e. The van der Waals surface area contributed by atoms with Gasteiger partial charge in [0, 0.05) is 21.5 Å². The number of benzene rings is 3. The van der Waals surface area contributed by atoms with E-state index in [2.05, 4.69) is 4.18 Å². The molecule has 0 spiro atoms. The molecule has 5 nitrogen and oxygen atoms in total. The van der Waals surface area contributed by atoms with Crippen LogP contribution in [0.2, 0.25) is 0 Å². The van der Waals surface area contributed by atoms with Crippen molar-refractivity contribution in [3.05, 3.63) is 71.0 Å². The van der Waals surface area contributed by atoms with Crippen LogP contribution in [0.25, 0.3) is 38.0 Å². The summed E-state index contributed by atoms with van der Waals surface area (Å²) in [6, 6.07) is 16.2. The highest BCUT2D eigenvalue weighted by atomic mass is 32.2. The highest BCUT2D eigenvalue weighted by molar-refractivity contribution is 7.88. The molecule has 0 unspecified atom stereocenters. The first-order valence-corrected chi connectivity index (χ1v) is 9.82. The number of rotatable bonds is 2. The molecular weight excluding hydrogens is 407 g/mol. The molecule has 0 saturated heterocycles. The maximum Gasteiger partial charge on any atom is 0.534 e. The summed E-state index contributed by atoms with van der Waals surface area (Å²) >= 11 is 0. The molecule has 0 radical (unpaired) electrons. The Morgan fingerprint density at radius 1 is 0.724 bits per heavy atom. The lowest BCUT2D eigenvalue weighted by molar-refractivity contribution is -0.0499. The van der Waals surface area contributed by atoms with Crippen LogP contribution in [0.1, 0.15) is 0 Å². The lowest BCUT2D eigenvalue weighted by Gasteiger charge is -2.11. The molecule has 0 fully saturated rings. The predicted molar refractivity (Wildman–Crippen MR) is 103 cm³/mol. The van der Waals surface area contributed by atoms with Gasteiger partial charge in [-0.3, -0.25) is 9.20 Å². The van der Waals surface area contributed by atoms with Crippen molar-refractivity contribution in [1.29, 1.82) is 0 Å². The third kappa shape index (κ3) is 2.34. The van der Waals surface area contributed by atoms with Gasteiger partial charge in [-0.2, -0.15) is 21.6 Å². The van der Waals surface area contributed by atoms with Crippen LogP contribution in [0, 0.1) is 0 Å². The van der Waals surface area contributed by atoms with Gasteiger partial charge in [-0.05, 0) is 17.5 Å². The Bertz CT molecular complexity index is 1600. The van der Waals surface area contributed by atoms with Gasteiger partial charge in [0.2, 0.25) is 0 Å². The molecule has 0 saturated carbocycles. The van der Waals surface area contributed by atoms with E-state index in [-0.39, 0.29) is 5.52 Å². The van der Waals surface area contributed by atoms with Gasteiger partial charge < -0.3 is 4.18 Å². The number of alkyl halides is 3. The molecule has 0 aliphatic carbocycles. The van der Waals surface area contributed by atoms with Crippen molar-refractivity contribution in [1.82, 2.24) is 4.40 Å². The maximum atomic E-state index is 13.2. The van der Waals surface area contributed by atoms with Gasteiger partial charge in [0.05, 0.1) is 5.52 Å². The Labute approximate surface area is 161 Å². The molecule has 0 atom stereocenters. The molecule has 2 aromatic heterocycles. The molecule has 0 N–H and O–H groups in total. The van der Waals surface area contributed by atoms with Crippen molar-refractivity contribution in [3.63, 3.8) is 0 Å². The average Bonchev–Trinajstić information content (AvgIpc) is 3.02. The third-order valence-corrected chi connectivity index (χ3v) is 5.87. The third-order valence-electron chi connectivity index (χ3n) is 4.91. The second-order valence-electron chi connectivity index (χ2n) is 6.52. The monoisotopic (exact) mass is 417 g/mol. The number of nitrogens with zero attached hydrogens (tertiary/aromatic N) is 1. The van der Waals surface area contributed by atoms with Crippen LogP contribution in [0.5, 0.6) is 5.75 Å². The summed E-state index contributed by atoms with van der Waals surface area (Å²) in [6.45, 7) is 0. The van der Waals surface area contributed by atoms with Crippen LogP contribution >= 0.6 is 0 Å². The number of hydrogen-bond acceptors (Lipinski definition) is 4. The molecule has 0 aliphatic heterocycles. The highest BCUT2D eigenvalue weighted by Gasteiger charge is 2.48. The van der Waals surface area contributed by atoms with Gasteiger partial charge in [-0.25, -0.2) is 0 Å². The van der Waals surface area contributed by atoms with E-state index in [1.165, 1.54) is 10.5 Å². The van der Waals surface area contributed by atoms with Crippen LogP contribution < -0.4 is 9.74 Å². The first kappa shape index (κ1) is 17.7. The Morgan fingerprint density at radius 2 is 1.24 bits per heavy atom. The SMILES string of the molecule is O=c1c2ccccc2c2cccc3c4cccc(OS(=O)(=O)C(F)(F)F)c4n1c23. The fourth-order valence-corrected chi connectivity index (χ4v) is 4.23. The quantitative estimate of drug-likeness (QED) is 0.242. The summed E-state index contributed by atoms with van der Waals surface area (Å²) in [4.78, 5) is 13.2. The van der Waals surface area contributed by atoms with Gasteiger partial charge in [0.25, 0.3) is 5.56 Å². The second-order valence-corrected chi connectivity index (χ2v) is 8.06. The molecule has 5 rings (SSSR count). The molecule has 146 valence electrons.